The van der Waals surface area contributed by atoms with Crippen LogP contribution in [0.5, 0.6) is 0 Å². The van der Waals surface area contributed by atoms with Gasteiger partial charge in [0, 0.05) is 23.8 Å². The second kappa shape index (κ2) is 8.50. The van der Waals surface area contributed by atoms with E-state index in [1.54, 1.807) is 36.9 Å². The van der Waals surface area contributed by atoms with Gasteiger partial charge in [-0.3, -0.25) is 9.78 Å². The lowest BCUT2D eigenvalue weighted by Crippen LogP contribution is -2.43. The molecule has 3 aromatic heterocycles. The van der Waals surface area contributed by atoms with Crippen LogP contribution >= 0.6 is 0 Å². The van der Waals surface area contributed by atoms with Gasteiger partial charge in [-0.1, -0.05) is 12.8 Å². The molecular weight excluding hydrogens is 387 g/mol. The topological polar surface area (TPSA) is 132 Å². The van der Waals surface area contributed by atoms with Gasteiger partial charge < -0.3 is 26.5 Å². The van der Waals surface area contributed by atoms with Gasteiger partial charge in [-0.15, -0.1) is 0 Å². The third-order valence-electron chi connectivity index (χ3n) is 5.19. The Morgan fingerprint density at radius 2 is 2.03 bits per heavy atom. The van der Waals surface area contributed by atoms with Crippen LogP contribution in [0.2, 0.25) is 0 Å². The number of hydrogen-bond donors (Lipinski definition) is 4. The van der Waals surface area contributed by atoms with Crippen LogP contribution in [-0.2, 0) is 0 Å². The summed E-state index contributed by atoms with van der Waals surface area (Å²) in [7, 11) is 0. The molecule has 0 spiro atoms. The molecule has 1 aliphatic carbocycles. The van der Waals surface area contributed by atoms with E-state index in [-0.39, 0.29) is 29.3 Å². The monoisotopic (exact) mass is 410 g/mol. The van der Waals surface area contributed by atoms with E-state index in [9.17, 15) is 9.18 Å². The van der Waals surface area contributed by atoms with Crippen molar-refractivity contribution in [1.29, 1.82) is 0 Å². The Morgan fingerprint density at radius 3 is 2.77 bits per heavy atom. The number of carbonyl (C=O) groups is 1. The Balaban J connectivity index is 1.64. The maximum atomic E-state index is 14.6. The molecule has 1 saturated carbocycles. The summed E-state index contributed by atoms with van der Waals surface area (Å²) >= 11 is 0. The molecule has 8 nitrogen and oxygen atoms in total. The van der Waals surface area contributed by atoms with E-state index in [0.29, 0.717) is 11.4 Å². The molecule has 0 aromatic carbocycles. The number of nitrogens with one attached hydrogen (secondary N) is 2. The lowest BCUT2D eigenvalue weighted by molar-refractivity contribution is 0.100. The van der Waals surface area contributed by atoms with E-state index >= 15 is 0 Å². The van der Waals surface area contributed by atoms with Crippen LogP contribution in [0, 0.1) is 5.82 Å². The third-order valence-corrected chi connectivity index (χ3v) is 5.19. The first-order valence-electron chi connectivity index (χ1n) is 9.79. The number of rotatable bonds is 6. The van der Waals surface area contributed by atoms with E-state index in [0.717, 1.165) is 37.3 Å². The Hall–Kier alpha value is -3.46. The molecule has 0 aliphatic heterocycles. The van der Waals surface area contributed by atoms with E-state index < -0.39 is 11.7 Å². The van der Waals surface area contributed by atoms with E-state index in [1.165, 1.54) is 0 Å². The number of carbonyl (C=O) groups excluding carboxylic acids is 1. The number of pyridine rings is 2. The number of hydrogen-bond acceptors (Lipinski definition) is 7. The number of primary amides is 1. The first-order valence-corrected chi connectivity index (χ1v) is 9.79. The largest absolute Gasteiger partial charge is 0.464 e. The Morgan fingerprint density at radius 1 is 1.20 bits per heavy atom. The second-order valence-electron chi connectivity index (χ2n) is 7.34. The minimum atomic E-state index is -0.792. The molecule has 1 amide bonds. The number of nitrogens with two attached hydrogens (primary N) is 2. The van der Waals surface area contributed by atoms with Crippen molar-refractivity contribution in [2.24, 2.45) is 11.5 Å². The molecule has 0 radical (unpaired) electrons. The maximum absolute atomic E-state index is 14.6. The first-order chi connectivity index (χ1) is 14.5. The number of anilines is 3. The zero-order valence-electron chi connectivity index (χ0n) is 16.3. The van der Waals surface area contributed by atoms with Crippen LogP contribution in [0.3, 0.4) is 0 Å². The third kappa shape index (κ3) is 4.25. The maximum Gasteiger partial charge on any atom is 0.252 e. The average molecular weight is 410 g/mol. The summed E-state index contributed by atoms with van der Waals surface area (Å²) in [5, 5.41) is 6.11. The summed E-state index contributed by atoms with van der Waals surface area (Å²) in [6.07, 6.45) is 8.55. The highest BCUT2D eigenvalue weighted by Gasteiger charge is 2.24. The number of amides is 1. The summed E-state index contributed by atoms with van der Waals surface area (Å²) < 4.78 is 20.0. The van der Waals surface area contributed by atoms with Crippen molar-refractivity contribution >= 4 is 23.2 Å². The predicted molar refractivity (Wildman–Crippen MR) is 112 cm³/mol. The predicted octanol–water partition coefficient (Wildman–Crippen LogP) is 3.40. The molecule has 3 aromatic rings. The van der Waals surface area contributed by atoms with Crippen LogP contribution in [-0.4, -0.2) is 28.0 Å². The molecule has 1 fully saturated rings. The van der Waals surface area contributed by atoms with Crippen LogP contribution in [0.15, 0.2) is 47.3 Å². The number of aromatic nitrogens is 2. The normalized spacial score (nSPS) is 18.7. The minimum absolute atomic E-state index is 0.0278. The lowest BCUT2D eigenvalue weighted by atomic mass is 9.91. The fourth-order valence-corrected chi connectivity index (χ4v) is 3.61. The van der Waals surface area contributed by atoms with Gasteiger partial charge in [-0.25, -0.2) is 9.37 Å². The van der Waals surface area contributed by atoms with Crippen molar-refractivity contribution in [3.8, 4) is 11.3 Å². The molecule has 6 N–H and O–H groups in total. The number of nitrogens with zero attached hydrogens (tertiary/aromatic N) is 2. The Kier molecular flexibility index (Phi) is 5.62. The van der Waals surface area contributed by atoms with E-state index in [2.05, 4.69) is 20.6 Å². The highest BCUT2D eigenvalue weighted by molar-refractivity contribution is 5.98. The number of halogens is 1. The fraction of sp³-hybridized carbons (Fsp3) is 0.286. The SMILES string of the molecule is NC(=O)c1cc(F)c(NC2CCCCC2N)nc1Nc1cncc(-c2ccco2)c1. The van der Waals surface area contributed by atoms with Crippen LogP contribution in [0.4, 0.5) is 21.7 Å². The molecule has 4 rings (SSSR count). The Bertz CT molecular complexity index is 1040. The van der Waals surface area contributed by atoms with Crippen LogP contribution < -0.4 is 22.1 Å². The molecule has 30 heavy (non-hydrogen) atoms. The van der Waals surface area contributed by atoms with Gasteiger partial charge in [0.05, 0.1) is 23.7 Å². The van der Waals surface area contributed by atoms with Crippen LogP contribution in [0.25, 0.3) is 11.3 Å². The minimum Gasteiger partial charge on any atom is -0.464 e. The first kappa shape index (κ1) is 19.8. The molecule has 3 heterocycles. The second-order valence-corrected chi connectivity index (χ2v) is 7.34. The average Bonchev–Trinajstić information content (AvgIpc) is 3.27. The molecule has 0 bridgehead atoms. The summed E-state index contributed by atoms with van der Waals surface area (Å²) in [6.45, 7) is 0. The summed E-state index contributed by atoms with van der Waals surface area (Å²) in [5.74, 6) is -0.647. The van der Waals surface area contributed by atoms with Gasteiger partial charge >= 0.3 is 0 Å². The zero-order valence-corrected chi connectivity index (χ0v) is 16.3. The van der Waals surface area contributed by atoms with Crippen molar-refractivity contribution in [3.63, 3.8) is 0 Å². The van der Waals surface area contributed by atoms with Gasteiger partial charge in [-0.05, 0) is 37.1 Å². The highest BCUT2D eigenvalue weighted by atomic mass is 19.1. The van der Waals surface area contributed by atoms with Crippen molar-refractivity contribution in [3.05, 3.63) is 54.3 Å². The van der Waals surface area contributed by atoms with E-state index in [4.69, 9.17) is 15.9 Å². The zero-order chi connectivity index (χ0) is 21.1. The van der Waals surface area contributed by atoms with Crippen molar-refractivity contribution in [2.75, 3.05) is 10.6 Å². The van der Waals surface area contributed by atoms with Crippen LogP contribution in [0.1, 0.15) is 36.0 Å². The van der Waals surface area contributed by atoms with Gasteiger partial charge in [0.2, 0.25) is 0 Å². The standard InChI is InChI=1S/C21H23FN6O2/c22-15-9-14(19(24)29)20(28-21(15)27-17-5-2-1-4-16(17)23)26-13-8-12(10-25-11-13)18-6-3-7-30-18/h3,6-11,16-17H,1-2,4-5,23H2,(H2,24,29)(H2,26,27,28). The van der Waals surface area contributed by atoms with Gasteiger partial charge in [0.25, 0.3) is 5.91 Å². The van der Waals surface area contributed by atoms with Gasteiger partial charge in [-0.2, -0.15) is 0 Å². The summed E-state index contributed by atoms with van der Waals surface area (Å²) in [4.78, 5) is 20.4. The molecule has 2 unspecified atom stereocenters. The molecule has 2 atom stereocenters. The molecule has 1 aliphatic rings. The summed E-state index contributed by atoms with van der Waals surface area (Å²) in [6, 6.07) is 6.28. The fourth-order valence-electron chi connectivity index (χ4n) is 3.61. The molecule has 0 saturated heterocycles. The van der Waals surface area contributed by atoms with Gasteiger partial charge in [0.1, 0.15) is 11.6 Å². The molecule has 156 valence electrons. The van der Waals surface area contributed by atoms with E-state index in [1.807, 2.05) is 0 Å². The van der Waals surface area contributed by atoms with Crippen molar-refractivity contribution in [1.82, 2.24) is 9.97 Å². The number of furan rings is 1. The summed E-state index contributed by atoms with van der Waals surface area (Å²) in [5.41, 5.74) is 12.8. The quantitative estimate of drug-likeness (QED) is 0.489. The van der Waals surface area contributed by atoms with Crippen molar-refractivity contribution in [2.45, 2.75) is 37.8 Å². The van der Waals surface area contributed by atoms with Gasteiger partial charge in [0.15, 0.2) is 11.6 Å². The Labute approximate surface area is 172 Å². The highest BCUT2D eigenvalue weighted by Crippen LogP contribution is 2.28. The van der Waals surface area contributed by atoms with Crippen molar-refractivity contribution < 1.29 is 13.6 Å². The molecule has 9 heteroatoms. The smallest absolute Gasteiger partial charge is 0.252 e. The lowest BCUT2D eigenvalue weighted by Gasteiger charge is -2.30. The molecular formula is C21H23FN6O2.